The van der Waals surface area contributed by atoms with E-state index in [-0.39, 0.29) is 51.8 Å². The van der Waals surface area contributed by atoms with Gasteiger partial charge in [-0.2, -0.15) is 0 Å². The van der Waals surface area contributed by atoms with Gasteiger partial charge >= 0.3 is 11.9 Å². The highest BCUT2D eigenvalue weighted by atomic mass is 16.5. The summed E-state index contributed by atoms with van der Waals surface area (Å²) in [6, 6.07) is 8.38. The summed E-state index contributed by atoms with van der Waals surface area (Å²) in [6.45, 7) is 0.751. The van der Waals surface area contributed by atoms with E-state index in [0.29, 0.717) is 6.54 Å². The number of aliphatic carboxylic acids is 1. The molecule has 0 saturated heterocycles. The molecule has 9 heteroatoms. The zero-order valence-corrected chi connectivity index (χ0v) is 15.1. The lowest BCUT2D eigenvalue weighted by molar-refractivity contribution is -0.147. The van der Waals surface area contributed by atoms with Crippen LogP contribution in [0.25, 0.3) is 0 Å². The van der Waals surface area contributed by atoms with Crippen LogP contribution in [0.4, 0.5) is 0 Å². The number of rotatable bonds is 14. The van der Waals surface area contributed by atoms with Crippen LogP contribution in [0.15, 0.2) is 30.3 Å². The molecule has 0 unspecified atom stereocenters. The Hall–Kier alpha value is -2.49. The number of carbonyl (C=O) groups excluding carboxylic acids is 2. The van der Waals surface area contributed by atoms with E-state index in [0.717, 1.165) is 5.56 Å². The molecular formula is C18H26N2O7. The number of hydrogen-bond acceptors (Lipinski definition) is 7. The molecule has 9 nitrogen and oxygen atoms in total. The second-order valence-electron chi connectivity index (χ2n) is 5.65. The minimum atomic E-state index is -1.04. The molecule has 0 aromatic heterocycles. The topological polar surface area (TPSA) is 137 Å². The molecule has 0 aliphatic heterocycles. The van der Waals surface area contributed by atoms with Crippen molar-refractivity contribution in [1.29, 1.82) is 0 Å². The van der Waals surface area contributed by atoms with Gasteiger partial charge in [0.1, 0.15) is 19.3 Å². The highest BCUT2D eigenvalue weighted by Gasteiger charge is 2.16. The predicted octanol–water partition coefficient (Wildman–Crippen LogP) is 0.0713. The number of nitrogens with one attached hydrogen (secondary N) is 1. The fourth-order valence-corrected chi connectivity index (χ4v) is 1.97. The van der Waals surface area contributed by atoms with Gasteiger partial charge in [-0.05, 0) is 12.0 Å². The van der Waals surface area contributed by atoms with Gasteiger partial charge in [-0.1, -0.05) is 30.3 Å². The average Bonchev–Trinajstić information content (AvgIpc) is 2.66. The summed E-state index contributed by atoms with van der Waals surface area (Å²) in [7, 11) is 0. The van der Waals surface area contributed by atoms with Gasteiger partial charge in [-0.3, -0.25) is 9.59 Å². The Balaban J connectivity index is 2.03. The quantitative estimate of drug-likeness (QED) is 0.304. The van der Waals surface area contributed by atoms with Crippen molar-refractivity contribution in [2.75, 3.05) is 33.0 Å². The molecule has 150 valence electrons. The number of nitrogens with two attached hydrogens (primary N) is 1. The van der Waals surface area contributed by atoms with Crippen LogP contribution < -0.4 is 11.1 Å². The van der Waals surface area contributed by atoms with Gasteiger partial charge in [-0.15, -0.1) is 0 Å². The molecule has 1 aromatic rings. The minimum Gasteiger partial charge on any atom is -0.480 e. The Kier molecular flexibility index (Phi) is 11.4. The number of carbonyl (C=O) groups is 3. The second kappa shape index (κ2) is 13.7. The van der Waals surface area contributed by atoms with Crippen molar-refractivity contribution in [3.63, 3.8) is 0 Å². The summed E-state index contributed by atoms with van der Waals surface area (Å²) < 4.78 is 15.1. The van der Waals surface area contributed by atoms with E-state index in [1.807, 2.05) is 30.3 Å². The van der Waals surface area contributed by atoms with E-state index in [2.05, 4.69) is 5.32 Å². The van der Waals surface area contributed by atoms with Crippen LogP contribution in [-0.4, -0.2) is 62.0 Å². The van der Waals surface area contributed by atoms with Crippen LogP contribution in [0, 0.1) is 0 Å². The first-order chi connectivity index (χ1) is 13.0. The van der Waals surface area contributed by atoms with Gasteiger partial charge < -0.3 is 30.4 Å². The Bertz CT molecular complexity index is 580. The Morgan fingerprint density at radius 2 is 1.78 bits per heavy atom. The first-order valence-corrected chi connectivity index (χ1v) is 8.59. The Labute approximate surface area is 157 Å². The third-order valence-corrected chi connectivity index (χ3v) is 3.38. The van der Waals surface area contributed by atoms with Crippen LogP contribution in [-0.2, 0) is 35.2 Å². The normalized spacial score (nSPS) is 11.6. The fraction of sp³-hybridized carbons (Fsp3) is 0.500. The molecule has 0 aliphatic rings. The van der Waals surface area contributed by atoms with Gasteiger partial charge in [0, 0.05) is 13.0 Å². The smallest absolute Gasteiger partial charge is 0.329 e. The van der Waals surface area contributed by atoms with Gasteiger partial charge in [0.2, 0.25) is 5.91 Å². The maximum atomic E-state index is 11.8. The maximum absolute atomic E-state index is 11.8. The van der Waals surface area contributed by atoms with Crippen molar-refractivity contribution < 1.29 is 33.7 Å². The zero-order chi connectivity index (χ0) is 19.9. The van der Waals surface area contributed by atoms with Crippen LogP contribution >= 0.6 is 0 Å². The maximum Gasteiger partial charge on any atom is 0.329 e. The average molecular weight is 382 g/mol. The number of ether oxygens (including phenoxy) is 3. The van der Waals surface area contributed by atoms with Crippen LogP contribution in [0.3, 0.4) is 0 Å². The summed E-state index contributed by atoms with van der Waals surface area (Å²) in [4.78, 5) is 33.7. The molecule has 27 heavy (non-hydrogen) atoms. The predicted molar refractivity (Wildman–Crippen MR) is 95.7 cm³/mol. The van der Waals surface area contributed by atoms with Crippen molar-refractivity contribution >= 4 is 17.8 Å². The number of amides is 1. The van der Waals surface area contributed by atoms with Crippen molar-refractivity contribution in [3.05, 3.63) is 35.9 Å². The molecule has 4 N–H and O–H groups in total. The Morgan fingerprint density at radius 3 is 2.48 bits per heavy atom. The third kappa shape index (κ3) is 11.7. The largest absolute Gasteiger partial charge is 0.480 e. The fourth-order valence-electron chi connectivity index (χ4n) is 1.97. The first-order valence-electron chi connectivity index (χ1n) is 8.59. The van der Waals surface area contributed by atoms with E-state index in [1.54, 1.807) is 0 Å². The molecular weight excluding hydrogens is 356 g/mol. The standard InChI is InChI=1S/C18H26N2O7/c19-15(18(24)27-12-14-4-2-1-3-5-14)6-7-16(21)20-8-9-25-10-11-26-13-17(22)23/h1-5,15H,6-13,19H2,(H,20,21)(H,22,23)/t15-/m0/s1. The molecule has 1 aromatic carbocycles. The lowest BCUT2D eigenvalue weighted by atomic mass is 10.1. The number of carboxylic acid groups (broad SMARTS) is 1. The third-order valence-electron chi connectivity index (χ3n) is 3.38. The SMILES string of the molecule is N[C@@H](CCC(=O)NCCOCCOCC(=O)O)C(=O)OCc1ccccc1. The molecule has 1 rings (SSSR count). The summed E-state index contributed by atoms with van der Waals surface area (Å²) in [6.07, 6.45) is 0.284. The van der Waals surface area contributed by atoms with Gasteiger partial charge in [0.15, 0.2) is 0 Å². The summed E-state index contributed by atoms with van der Waals surface area (Å²) in [5.74, 6) is -1.83. The molecule has 0 radical (unpaired) electrons. The Morgan fingerprint density at radius 1 is 1.07 bits per heavy atom. The highest BCUT2D eigenvalue weighted by molar-refractivity contribution is 5.79. The van der Waals surface area contributed by atoms with Crippen molar-refractivity contribution in [1.82, 2.24) is 5.32 Å². The van der Waals surface area contributed by atoms with E-state index in [9.17, 15) is 14.4 Å². The number of benzene rings is 1. The molecule has 0 saturated carbocycles. The van der Waals surface area contributed by atoms with Crippen molar-refractivity contribution in [3.8, 4) is 0 Å². The first kappa shape index (κ1) is 22.6. The van der Waals surface area contributed by atoms with E-state index in [4.69, 9.17) is 25.1 Å². The number of esters is 1. The lowest BCUT2D eigenvalue weighted by Crippen LogP contribution is -2.35. The van der Waals surface area contributed by atoms with Crippen LogP contribution in [0.5, 0.6) is 0 Å². The molecule has 1 atom stereocenters. The summed E-state index contributed by atoms with van der Waals surface area (Å²) >= 11 is 0. The van der Waals surface area contributed by atoms with E-state index in [1.165, 1.54) is 0 Å². The van der Waals surface area contributed by atoms with Gasteiger partial charge in [0.05, 0.1) is 19.8 Å². The molecule has 0 spiro atoms. The summed E-state index contributed by atoms with van der Waals surface area (Å²) in [5.41, 5.74) is 6.60. The minimum absolute atomic E-state index is 0.101. The lowest BCUT2D eigenvalue weighted by Gasteiger charge is -2.12. The number of carboxylic acids is 1. The zero-order valence-electron chi connectivity index (χ0n) is 15.1. The molecule has 0 heterocycles. The second-order valence-corrected chi connectivity index (χ2v) is 5.65. The monoisotopic (exact) mass is 382 g/mol. The molecule has 0 bridgehead atoms. The van der Waals surface area contributed by atoms with E-state index >= 15 is 0 Å². The van der Waals surface area contributed by atoms with Gasteiger partial charge in [-0.25, -0.2) is 4.79 Å². The van der Waals surface area contributed by atoms with Crippen molar-refractivity contribution in [2.24, 2.45) is 5.73 Å². The van der Waals surface area contributed by atoms with Crippen LogP contribution in [0.1, 0.15) is 18.4 Å². The van der Waals surface area contributed by atoms with Gasteiger partial charge in [0.25, 0.3) is 0 Å². The van der Waals surface area contributed by atoms with Crippen molar-refractivity contribution in [2.45, 2.75) is 25.5 Å². The van der Waals surface area contributed by atoms with Crippen LogP contribution in [0.2, 0.25) is 0 Å². The highest BCUT2D eigenvalue weighted by Crippen LogP contribution is 2.03. The van der Waals surface area contributed by atoms with E-state index < -0.39 is 18.0 Å². The molecule has 0 fully saturated rings. The summed E-state index contributed by atoms with van der Waals surface area (Å²) in [5, 5.41) is 11.0. The molecule has 0 aliphatic carbocycles. The number of hydrogen-bond donors (Lipinski definition) is 3. The molecule has 1 amide bonds.